The summed E-state index contributed by atoms with van der Waals surface area (Å²) in [5, 5.41) is 4.33. The third-order valence-electron chi connectivity index (χ3n) is 4.97. The zero-order valence-corrected chi connectivity index (χ0v) is 20.5. The summed E-state index contributed by atoms with van der Waals surface area (Å²) in [5.74, 6) is 1.52. The molecule has 0 aliphatic heterocycles. The van der Waals surface area contributed by atoms with Gasteiger partial charge in [0.05, 0.1) is 21.8 Å². The van der Waals surface area contributed by atoms with Crippen molar-refractivity contribution in [1.82, 2.24) is 19.3 Å². The molecule has 0 unspecified atom stereocenters. The molecule has 3 heterocycles. The molecule has 9 heteroatoms. The summed E-state index contributed by atoms with van der Waals surface area (Å²) in [6.45, 7) is 5.21. The van der Waals surface area contributed by atoms with Crippen LogP contribution in [0.2, 0.25) is 0 Å². The SMILES string of the molecule is CCCN(CCCCCc1ncc(-c2cccc(Nc3cc(C)ccn3)n2)s1)S(C)(=O)=O. The number of unbranched alkanes of at least 4 members (excludes halogenated alkanes) is 2. The lowest BCUT2D eigenvalue weighted by atomic mass is 10.2. The lowest BCUT2D eigenvalue weighted by Gasteiger charge is -2.18. The molecular weight excluding hydrogens is 442 g/mol. The Labute approximate surface area is 195 Å². The molecule has 0 saturated carbocycles. The number of hydrogen-bond donors (Lipinski definition) is 1. The van der Waals surface area contributed by atoms with Gasteiger partial charge in [0.2, 0.25) is 10.0 Å². The van der Waals surface area contributed by atoms with E-state index in [1.165, 1.54) is 6.26 Å². The molecule has 3 rings (SSSR count). The second-order valence-electron chi connectivity index (χ2n) is 7.84. The standard InChI is InChI=1S/C23H31N5O2S2/c1-4-14-28(32(3,29)30)15-7-5-6-11-23-25-17-20(31-23)19-9-8-10-21(26-19)27-22-16-18(2)12-13-24-22/h8-10,12-13,16-17H,4-7,11,14-15H2,1-3H3,(H,24,26,27). The normalized spacial score (nSPS) is 11.8. The molecule has 3 aromatic heterocycles. The molecular formula is C23H31N5O2S2. The highest BCUT2D eigenvalue weighted by atomic mass is 32.2. The molecule has 0 saturated heterocycles. The van der Waals surface area contributed by atoms with E-state index < -0.39 is 10.0 Å². The molecule has 3 aromatic rings. The summed E-state index contributed by atoms with van der Waals surface area (Å²) in [5.41, 5.74) is 2.02. The number of hydrogen-bond acceptors (Lipinski definition) is 7. The summed E-state index contributed by atoms with van der Waals surface area (Å²) in [6.07, 6.45) is 9.51. The maximum absolute atomic E-state index is 11.8. The van der Waals surface area contributed by atoms with Crippen molar-refractivity contribution in [3.63, 3.8) is 0 Å². The van der Waals surface area contributed by atoms with Crippen molar-refractivity contribution < 1.29 is 8.42 Å². The van der Waals surface area contributed by atoms with Gasteiger partial charge < -0.3 is 5.32 Å². The Morgan fingerprint density at radius 1 is 1.06 bits per heavy atom. The molecule has 0 fully saturated rings. The molecule has 172 valence electrons. The van der Waals surface area contributed by atoms with Gasteiger partial charge in [0.1, 0.15) is 11.6 Å². The van der Waals surface area contributed by atoms with E-state index in [9.17, 15) is 8.42 Å². The zero-order valence-electron chi connectivity index (χ0n) is 18.9. The largest absolute Gasteiger partial charge is 0.325 e. The molecule has 0 spiro atoms. The summed E-state index contributed by atoms with van der Waals surface area (Å²) < 4.78 is 25.2. The first-order chi connectivity index (χ1) is 15.3. The van der Waals surface area contributed by atoms with E-state index in [4.69, 9.17) is 4.98 Å². The van der Waals surface area contributed by atoms with Crippen LogP contribution in [0.15, 0.2) is 42.7 Å². The van der Waals surface area contributed by atoms with E-state index in [0.717, 1.165) is 64.9 Å². The average Bonchev–Trinajstić information content (AvgIpc) is 3.21. The van der Waals surface area contributed by atoms with Gasteiger partial charge in [0.25, 0.3) is 0 Å². The summed E-state index contributed by atoms with van der Waals surface area (Å²) in [6, 6.07) is 9.83. The maximum atomic E-state index is 11.8. The third-order valence-corrected chi connectivity index (χ3v) is 7.35. The number of aromatic nitrogens is 3. The second kappa shape index (κ2) is 11.5. The van der Waals surface area contributed by atoms with Gasteiger partial charge in [-0.05, 0) is 62.4 Å². The fourth-order valence-electron chi connectivity index (χ4n) is 3.36. The molecule has 0 aromatic carbocycles. The van der Waals surface area contributed by atoms with Crippen LogP contribution in [0.4, 0.5) is 11.6 Å². The molecule has 0 aliphatic rings. The van der Waals surface area contributed by atoms with Gasteiger partial charge in [-0.3, -0.25) is 0 Å². The van der Waals surface area contributed by atoms with Crippen LogP contribution in [0, 0.1) is 6.92 Å². The number of thiazole rings is 1. The van der Waals surface area contributed by atoms with Gasteiger partial charge in [0.15, 0.2) is 0 Å². The van der Waals surface area contributed by atoms with Crippen molar-refractivity contribution in [3.8, 4) is 10.6 Å². The van der Waals surface area contributed by atoms with Crippen LogP contribution in [0.5, 0.6) is 0 Å². The van der Waals surface area contributed by atoms with Crippen LogP contribution >= 0.6 is 11.3 Å². The van der Waals surface area contributed by atoms with Gasteiger partial charge in [-0.25, -0.2) is 27.7 Å². The molecule has 0 aliphatic carbocycles. The number of anilines is 2. The van der Waals surface area contributed by atoms with Gasteiger partial charge in [-0.2, -0.15) is 0 Å². The van der Waals surface area contributed by atoms with Crippen molar-refractivity contribution >= 4 is 33.0 Å². The Balaban J connectivity index is 1.51. The van der Waals surface area contributed by atoms with Crippen LogP contribution in [-0.4, -0.2) is 47.0 Å². The smallest absolute Gasteiger partial charge is 0.211 e. The molecule has 0 amide bonds. The quantitative estimate of drug-likeness (QED) is 0.371. The Bertz CT molecular complexity index is 1110. The average molecular weight is 474 g/mol. The Kier molecular flexibility index (Phi) is 8.72. The third kappa shape index (κ3) is 7.36. The fourth-order valence-corrected chi connectivity index (χ4v) is 5.26. The first-order valence-corrected chi connectivity index (χ1v) is 13.6. The fraction of sp³-hybridized carbons (Fsp3) is 0.435. The monoisotopic (exact) mass is 473 g/mol. The van der Waals surface area contributed by atoms with E-state index >= 15 is 0 Å². The Hall–Kier alpha value is -2.36. The van der Waals surface area contributed by atoms with Crippen molar-refractivity contribution in [1.29, 1.82) is 0 Å². The van der Waals surface area contributed by atoms with E-state index in [2.05, 4.69) is 15.3 Å². The van der Waals surface area contributed by atoms with Crippen LogP contribution in [0.1, 0.15) is 43.2 Å². The van der Waals surface area contributed by atoms with Crippen molar-refractivity contribution in [2.75, 3.05) is 24.7 Å². The highest BCUT2D eigenvalue weighted by Crippen LogP contribution is 2.27. The van der Waals surface area contributed by atoms with Crippen molar-refractivity contribution in [2.24, 2.45) is 0 Å². The van der Waals surface area contributed by atoms with Crippen LogP contribution in [0.25, 0.3) is 10.6 Å². The van der Waals surface area contributed by atoms with E-state index in [0.29, 0.717) is 13.1 Å². The maximum Gasteiger partial charge on any atom is 0.211 e. The minimum Gasteiger partial charge on any atom is -0.325 e. The number of nitrogens with zero attached hydrogens (tertiary/aromatic N) is 4. The minimum atomic E-state index is -3.11. The molecule has 1 N–H and O–H groups in total. The zero-order chi connectivity index (χ0) is 23.0. The van der Waals surface area contributed by atoms with Crippen molar-refractivity contribution in [3.05, 3.63) is 53.3 Å². The molecule has 0 atom stereocenters. The van der Waals surface area contributed by atoms with E-state index in [-0.39, 0.29) is 0 Å². The number of sulfonamides is 1. The molecule has 7 nitrogen and oxygen atoms in total. The van der Waals surface area contributed by atoms with Gasteiger partial charge >= 0.3 is 0 Å². The number of pyridine rings is 2. The van der Waals surface area contributed by atoms with Gasteiger partial charge in [0, 0.05) is 25.5 Å². The highest BCUT2D eigenvalue weighted by Gasteiger charge is 2.14. The summed E-state index contributed by atoms with van der Waals surface area (Å²) in [4.78, 5) is 14.6. The number of rotatable bonds is 12. The lowest BCUT2D eigenvalue weighted by Crippen LogP contribution is -2.31. The first kappa shape index (κ1) is 24.3. The van der Waals surface area contributed by atoms with Gasteiger partial charge in [-0.1, -0.05) is 19.4 Å². The first-order valence-electron chi connectivity index (χ1n) is 10.9. The van der Waals surface area contributed by atoms with Crippen LogP contribution in [-0.2, 0) is 16.4 Å². The lowest BCUT2D eigenvalue weighted by molar-refractivity contribution is 0.401. The molecule has 0 bridgehead atoms. The topological polar surface area (TPSA) is 88.1 Å². The predicted molar refractivity (Wildman–Crippen MR) is 132 cm³/mol. The number of aryl methyl sites for hydroxylation is 2. The van der Waals surface area contributed by atoms with E-state index in [1.807, 2.05) is 50.4 Å². The Morgan fingerprint density at radius 3 is 2.66 bits per heavy atom. The summed E-state index contributed by atoms with van der Waals surface area (Å²) in [7, 11) is -3.11. The van der Waals surface area contributed by atoms with Crippen LogP contribution < -0.4 is 5.32 Å². The van der Waals surface area contributed by atoms with Crippen LogP contribution in [0.3, 0.4) is 0 Å². The minimum absolute atomic E-state index is 0.593. The molecule has 0 radical (unpaired) electrons. The number of nitrogens with one attached hydrogen (secondary N) is 1. The second-order valence-corrected chi connectivity index (χ2v) is 10.9. The van der Waals surface area contributed by atoms with Gasteiger partial charge in [-0.15, -0.1) is 11.3 Å². The Morgan fingerprint density at radius 2 is 1.91 bits per heavy atom. The highest BCUT2D eigenvalue weighted by molar-refractivity contribution is 7.88. The summed E-state index contributed by atoms with van der Waals surface area (Å²) >= 11 is 1.66. The predicted octanol–water partition coefficient (Wildman–Crippen LogP) is 5.04. The molecule has 32 heavy (non-hydrogen) atoms. The van der Waals surface area contributed by atoms with E-state index in [1.54, 1.807) is 21.8 Å². The van der Waals surface area contributed by atoms with Crippen molar-refractivity contribution in [2.45, 2.75) is 46.0 Å².